The summed E-state index contributed by atoms with van der Waals surface area (Å²) in [5, 5.41) is 0. The Morgan fingerprint density at radius 1 is 1.10 bits per heavy atom. The number of halogens is 1. The molecular weight excluding hydrogens is 352 g/mol. The van der Waals surface area contributed by atoms with Crippen LogP contribution < -0.4 is 10.5 Å². The molecule has 3 N–H and O–H groups in total. The highest BCUT2D eigenvalue weighted by Gasteiger charge is 2.16. The highest BCUT2D eigenvalue weighted by molar-refractivity contribution is 9.10. The van der Waals surface area contributed by atoms with Crippen LogP contribution in [0, 0.1) is 0 Å². The number of nitrogens with two attached hydrogens (primary N) is 1. The molecule has 0 aliphatic heterocycles. The lowest BCUT2D eigenvalue weighted by Crippen LogP contribution is -2.28. The van der Waals surface area contributed by atoms with Crippen LogP contribution in [0.3, 0.4) is 0 Å². The Bertz CT molecular complexity index is 697. The lowest BCUT2D eigenvalue weighted by Gasteiger charge is -2.15. The Kier molecular flexibility index (Phi) is 5.03. The van der Waals surface area contributed by atoms with E-state index in [0.29, 0.717) is 11.3 Å². The summed E-state index contributed by atoms with van der Waals surface area (Å²) in [6.45, 7) is 1.82. The molecule has 0 saturated carbocycles. The maximum Gasteiger partial charge on any atom is 0.216 e. The lowest BCUT2D eigenvalue weighted by atomic mass is 10.1. The van der Waals surface area contributed by atoms with E-state index < -0.39 is 10.0 Å². The maximum absolute atomic E-state index is 12.2. The maximum atomic E-state index is 12.2. The predicted molar refractivity (Wildman–Crippen MR) is 89.2 cm³/mol. The fourth-order valence-corrected chi connectivity index (χ4v) is 3.62. The largest absolute Gasteiger partial charge is 0.399 e. The molecule has 112 valence electrons. The molecule has 0 radical (unpaired) electrons. The van der Waals surface area contributed by atoms with Crippen LogP contribution in [0.15, 0.2) is 53.0 Å². The third-order valence-corrected chi connectivity index (χ3v) is 5.02. The summed E-state index contributed by atoms with van der Waals surface area (Å²) in [6.07, 6.45) is 0. The molecule has 2 aromatic carbocycles. The fraction of sp³-hybridized carbons (Fsp3) is 0.200. The Labute approximate surface area is 133 Å². The molecule has 0 heterocycles. The lowest BCUT2D eigenvalue weighted by molar-refractivity contribution is 0.566. The molecule has 0 bridgehead atoms. The van der Waals surface area contributed by atoms with E-state index in [-0.39, 0.29) is 11.8 Å². The van der Waals surface area contributed by atoms with Crippen LogP contribution in [-0.4, -0.2) is 8.42 Å². The van der Waals surface area contributed by atoms with Gasteiger partial charge in [-0.25, -0.2) is 13.1 Å². The van der Waals surface area contributed by atoms with Crippen molar-refractivity contribution in [3.8, 4) is 0 Å². The van der Waals surface area contributed by atoms with Crippen molar-refractivity contribution < 1.29 is 8.42 Å². The highest BCUT2D eigenvalue weighted by atomic mass is 79.9. The molecular formula is C15H17BrN2O2S. The summed E-state index contributed by atoms with van der Waals surface area (Å²) in [6, 6.07) is 14.1. The number of hydrogen-bond donors (Lipinski definition) is 2. The smallest absolute Gasteiger partial charge is 0.216 e. The van der Waals surface area contributed by atoms with Gasteiger partial charge in [0.25, 0.3) is 0 Å². The molecule has 0 aliphatic rings. The number of benzene rings is 2. The zero-order valence-corrected chi connectivity index (χ0v) is 14.0. The zero-order chi connectivity index (χ0) is 15.5. The summed E-state index contributed by atoms with van der Waals surface area (Å²) in [4.78, 5) is 0. The number of anilines is 1. The fourth-order valence-electron chi connectivity index (χ4n) is 1.96. The van der Waals surface area contributed by atoms with Gasteiger partial charge in [-0.2, -0.15) is 0 Å². The number of nitrogen functional groups attached to an aromatic ring is 1. The number of sulfonamides is 1. The van der Waals surface area contributed by atoms with Gasteiger partial charge in [-0.05, 0) is 42.3 Å². The van der Waals surface area contributed by atoms with Crippen LogP contribution in [0.2, 0.25) is 0 Å². The predicted octanol–water partition coefficient (Wildman–Crippen LogP) is 3.21. The first kappa shape index (κ1) is 16.0. The minimum atomic E-state index is -3.41. The first-order valence-electron chi connectivity index (χ1n) is 6.45. The van der Waals surface area contributed by atoms with E-state index in [4.69, 9.17) is 5.73 Å². The van der Waals surface area contributed by atoms with E-state index in [2.05, 4.69) is 20.7 Å². The van der Waals surface area contributed by atoms with Gasteiger partial charge >= 0.3 is 0 Å². The highest BCUT2D eigenvalue weighted by Crippen LogP contribution is 2.18. The van der Waals surface area contributed by atoms with Crippen LogP contribution in [-0.2, 0) is 15.8 Å². The molecule has 0 aromatic heterocycles. The van der Waals surface area contributed by atoms with E-state index in [0.717, 1.165) is 10.0 Å². The van der Waals surface area contributed by atoms with Gasteiger partial charge < -0.3 is 5.73 Å². The monoisotopic (exact) mass is 368 g/mol. The molecule has 21 heavy (non-hydrogen) atoms. The average molecular weight is 369 g/mol. The Morgan fingerprint density at radius 2 is 1.67 bits per heavy atom. The second kappa shape index (κ2) is 6.60. The van der Waals surface area contributed by atoms with Crippen molar-refractivity contribution in [3.63, 3.8) is 0 Å². The van der Waals surface area contributed by atoms with Crippen molar-refractivity contribution in [1.29, 1.82) is 0 Å². The molecule has 1 atom stereocenters. The molecule has 2 rings (SSSR count). The van der Waals surface area contributed by atoms with Crippen molar-refractivity contribution in [2.45, 2.75) is 18.7 Å². The quantitative estimate of drug-likeness (QED) is 0.795. The molecule has 6 heteroatoms. The topological polar surface area (TPSA) is 72.2 Å². The molecule has 0 unspecified atom stereocenters. The van der Waals surface area contributed by atoms with Gasteiger partial charge in [-0.3, -0.25) is 0 Å². The molecule has 0 saturated heterocycles. The third-order valence-electron chi connectivity index (χ3n) is 3.06. The van der Waals surface area contributed by atoms with E-state index in [1.54, 1.807) is 24.3 Å². The Morgan fingerprint density at radius 3 is 2.24 bits per heavy atom. The summed E-state index contributed by atoms with van der Waals surface area (Å²) >= 11 is 3.36. The van der Waals surface area contributed by atoms with Gasteiger partial charge in [0, 0.05) is 16.2 Å². The summed E-state index contributed by atoms with van der Waals surface area (Å²) in [7, 11) is -3.41. The number of rotatable bonds is 5. The molecule has 0 spiro atoms. The van der Waals surface area contributed by atoms with Crippen molar-refractivity contribution in [1.82, 2.24) is 4.72 Å². The van der Waals surface area contributed by atoms with Gasteiger partial charge in [-0.15, -0.1) is 0 Å². The Hall–Kier alpha value is -1.37. The molecule has 0 fully saturated rings. The van der Waals surface area contributed by atoms with Crippen LogP contribution in [0.5, 0.6) is 0 Å². The van der Waals surface area contributed by atoms with Gasteiger partial charge in [0.15, 0.2) is 0 Å². The van der Waals surface area contributed by atoms with Crippen molar-refractivity contribution in [2.75, 3.05) is 5.73 Å². The normalized spacial score (nSPS) is 13.0. The first-order chi connectivity index (χ1) is 9.85. The molecule has 0 amide bonds. The summed E-state index contributed by atoms with van der Waals surface area (Å²) in [5.74, 6) is -0.0614. The van der Waals surface area contributed by atoms with E-state index >= 15 is 0 Å². The van der Waals surface area contributed by atoms with E-state index in [1.807, 2.05) is 31.2 Å². The average Bonchev–Trinajstić information content (AvgIpc) is 2.41. The van der Waals surface area contributed by atoms with Gasteiger partial charge in [0.2, 0.25) is 10.0 Å². The second-order valence-corrected chi connectivity index (χ2v) is 7.56. The summed E-state index contributed by atoms with van der Waals surface area (Å²) < 4.78 is 28.0. The van der Waals surface area contributed by atoms with Gasteiger partial charge in [0.05, 0.1) is 5.75 Å². The third kappa shape index (κ3) is 4.84. The SMILES string of the molecule is C[C@H](NS(=O)(=O)Cc1ccc(N)cc1)c1ccc(Br)cc1. The second-order valence-electron chi connectivity index (χ2n) is 4.89. The van der Waals surface area contributed by atoms with Crippen molar-refractivity contribution in [3.05, 3.63) is 64.1 Å². The van der Waals surface area contributed by atoms with Crippen LogP contribution in [0.4, 0.5) is 5.69 Å². The van der Waals surface area contributed by atoms with Crippen LogP contribution in [0.25, 0.3) is 0 Å². The van der Waals surface area contributed by atoms with Gasteiger partial charge in [0.1, 0.15) is 0 Å². The number of hydrogen-bond acceptors (Lipinski definition) is 3. The molecule has 4 nitrogen and oxygen atoms in total. The van der Waals surface area contributed by atoms with Crippen molar-refractivity contribution in [2.24, 2.45) is 0 Å². The van der Waals surface area contributed by atoms with E-state index in [9.17, 15) is 8.42 Å². The van der Waals surface area contributed by atoms with Crippen LogP contribution >= 0.6 is 15.9 Å². The minimum Gasteiger partial charge on any atom is -0.399 e. The van der Waals surface area contributed by atoms with E-state index in [1.165, 1.54) is 0 Å². The van der Waals surface area contributed by atoms with Crippen molar-refractivity contribution >= 4 is 31.6 Å². The minimum absolute atomic E-state index is 0.0614. The van der Waals surface area contributed by atoms with Gasteiger partial charge in [-0.1, -0.05) is 40.2 Å². The standard InChI is InChI=1S/C15H17BrN2O2S/c1-11(13-4-6-14(16)7-5-13)18-21(19,20)10-12-2-8-15(17)9-3-12/h2-9,11,18H,10,17H2,1H3/t11-/m0/s1. The first-order valence-corrected chi connectivity index (χ1v) is 8.90. The molecule has 2 aromatic rings. The number of nitrogens with one attached hydrogen (secondary N) is 1. The molecule has 0 aliphatic carbocycles. The zero-order valence-electron chi connectivity index (χ0n) is 11.6. The van der Waals surface area contributed by atoms with Crippen LogP contribution in [0.1, 0.15) is 24.1 Å². The summed E-state index contributed by atoms with van der Waals surface area (Å²) in [5.41, 5.74) is 7.83. The Balaban J connectivity index is 2.06.